The largest absolute Gasteiger partial charge is 0.360 e. The molecule has 1 amide bonds. The summed E-state index contributed by atoms with van der Waals surface area (Å²) in [6.07, 6.45) is 5.86. The van der Waals surface area contributed by atoms with Crippen molar-refractivity contribution in [2.24, 2.45) is 0 Å². The third kappa shape index (κ3) is 3.17. The number of nitrogens with one attached hydrogen (secondary N) is 1. The number of aromatic amines is 1. The number of rotatable bonds is 4. The molecule has 0 atom stereocenters. The molecule has 6 nitrogen and oxygen atoms in total. The first kappa shape index (κ1) is 18.0. The van der Waals surface area contributed by atoms with E-state index in [4.69, 9.17) is 0 Å². The van der Waals surface area contributed by atoms with Crippen LogP contribution in [0.5, 0.6) is 0 Å². The summed E-state index contributed by atoms with van der Waals surface area (Å²) < 4.78 is 0. The minimum atomic E-state index is -0.480. The van der Waals surface area contributed by atoms with E-state index in [0.29, 0.717) is 18.7 Å². The Balaban J connectivity index is 1.56. The van der Waals surface area contributed by atoms with Crippen molar-refractivity contribution < 1.29 is 9.72 Å². The average Bonchev–Trinajstić information content (AvgIpc) is 3.17. The number of H-pyrrole nitrogens is 1. The van der Waals surface area contributed by atoms with E-state index in [1.165, 1.54) is 39.7 Å². The minimum Gasteiger partial charge on any atom is -0.360 e. The molecule has 28 heavy (non-hydrogen) atoms. The standard InChI is InChI=1S/C22H21N3O3/c1-2-15-5-4-8-19-20(14-23-21(15)19)16-9-11-24(12-10-16)22(26)17-6-3-7-18(13-17)25(27)28/h3-9,13-14,23H,2,10-12H2,1H3. The van der Waals surface area contributed by atoms with Gasteiger partial charge in [-0.25, -0.2) is 0 Å². The normalized spacial score (nSPS) is 14.2. The molecule has 0 radical (unpaired) electrons. The maximum Gasteiger partial charge on any atom is 0.270 e. The second-order valence-corrected chi connectivity index (χ2v) is 6.93. The molecule has 3 aromatic rings. The number of carbonyl (C=O) groups is 1. The third-order valence-electron chi connectivity index (χ3n) is 5.33. The van der Waals surface area contributed by atoms with Crippen LogP contribution in [0.2, 0.25) is 0 Å². The Labute approximate surface area is 162 Å². The zero-order chi connectivity index (χ0) is 19.7. The fourth-order valence-corrected chi connectivity index (χ4v) is 3.81. The van der Waals surface area contributed by atoms with Crippen LogP contribution in [-0.4, -0.2) is 33.8 Å². The zero-order valence-electron chi connectivity index (χ0n) is 15.6. The summed E-state index contributed by atoms with van der Waals surface area (Å²) in [6, 6.07) is 12.3. The van der Waals surface area contributed by atoms with Crippen LogP contribution < -0.4 is 0 Å². The Morgan fingerprint density at radius 3 is 2.79 bits per heavy atom. The van der Waals surface area contributed by atoms with E-state index in [0.717, 1.165) is 12.8 Å². The summed E-state index contributed by atoms with van der Waals surface area (Å²) in [7, 11) is 0. The second-order valence-electron chi connectivity index (χ2n) is 6.93. The van der Waals surface area contributed by atoms with Gasteiger partial charge in [0, 0.05) is 53.4 Å². The number of carbonyl (C=O) groups excluding carboxylic acids is 1. The Kier molecular flexibility index (Phi) is 4.69. The van der Waals surface area contributed by atoms with Gasteiger partial charge in [-0.15, -0.1) is 0 Å². The maximum absolute atomic E-state index is 12.7. The summed E-state index contributed by atoms with van der Waals surface area (Å²) in [4.78, 5) is 28.3. The van der Waals surface area contributed by atoms with Crippen molar-refractivity contribution in [3.63, 3.8) is 0 Å². The van der Waals surface area contributed by atoms with Gasteiger partial charge in [-0.2, -0.15) is 0 Å². The molecule has 0 spiro atoms. The first-order chi connectivity index (χ1) is 13.6. The van der Waals surface area contributed by atoms with Gasteiger partial charge in [-0.3, -0.25) is 14.9 Å². The molecule has 0 bridgehead atoms. The summed E-state index contributed by atoms with van der Waals surface area (Å²) in [5.41, 5.74) is 5.17. The van der Waals surface area contributed by atoms with E-state index in [9.17, 15) is 14.9 Å². The van der Waals surface area contributed by atoms with Crippen molar-refractivity contribution in [1.82, 2.24) is 9.88 Å². The third-order valence-corrected chi connectivity index (χ3v) is 5.33. The topological polar surface area (TPSA) is 79.2 Å². The highest BCUT2D eigenvalue weighted by Gasteiger charge is 2.22. The smallest absolute Gasteiger partial charge is 0.270 e. The SMILES string of the molecule is CCc1cccc2c(C3=CCN(C(=O)c4cccc([N+](=O)[O-])c4)CC3)c[nH]c12. The minimum absolute atomic E-state index is 0.0652. The molecular weight excluding hydrogens is 354 g/mol. The molecule has 2 aromatic carbocycles. The van der Waals surface area contributed by atoms with Crippen LogP contribution in [0.25, 0.3) is 16.5 Å². The fourth-order valence-electron chi connectivity index (χ4n) is 3.81. The molecule has 2 heterocycles. The summed E-state index contributed by atoms with van der Waals surface area (Å²) in [6.45, 7) is 3.23. The van der Waals surface area contributed by atoms with Crippen LogP contribution in [-0.2, 0) is 6.42 Å². The summed E-state index contributed by atoms with van der Waals surface area (Å²) in [5.74, 6) is -0.175. The van der Waals surface area contributed by atoms with E-state index in [1.807, 2.05) is 6.20 Å². The predicted molar refractivity (Wildman–Crippen MR) is 109 cm³/mol. The number of nitrogens with zero attached hydrogens (tertiary/aromatic N) is 2. The van der Waals surface area contributed by atoms with E-state index in [-0.39, 0.29) is 11.6 Å². The first-order valence-electron chi connectivity index (χ1n) is 9.40. The van der Waals surface area contributed by atoms with Gasteiger partial charge in [0.15, 0.2) is 0 Å². The van der Waals surface area contributed by atoms with Crippen LogP contribution in [0.1, 0.15) is 34.8 Å². The molecule has 1 aromatic heterocycles. The van der Waals surface area contributed by atoms with Crippen LogP contribution in [0.15, 0.2) is 54.7 Å². The lowest BCUT2D eigenvalue weighted by atomic mass is 9.97. The Morgan fingerprint density at radius 1 is 1.25 bits per heavy atom. The number of amides is 1. The highest BCUT2D eigenvalue weighted by molar-refractivity contribution is 5.97. The van der Waals surface area contributed by atoms with E-state index in [1.54, 1.807) is 17.0 Å². The number of hydrogen-bond donors (Lipinski definition) is 1. The lowest BCUT2D eigenvalue weighted by molar-refractivity contribution is -0.384. The van der Waals surface area contributed by atoms with Crippen molar-refractivity contribution >= 4 is 28.1 Å². The van der Waals surface area contributed by atoms with Gasteiger partial charge in [0.1, 0.15) is 0 Å². The summed E-state index contributed by atoms with van der Waals surface area (Å²) >= 11 is 0. The van der Waals surface area contributed by atoms with Crippen LogP contribution >= 0.6 is 0 Å². The first-order valence-corrected chi connectivity index (χ1v) is 9.40. The molecule has 1 N–H and O–H groups in total. The quantitative estimate of drug-likeness (QED) is 0.536. The molecule has 0 saturated heterocycles. The molecule has 0 saturated carbocycles. The predicted octanol–water partition coefficient (Wildman–Crippen LogP) is 4.57. The number of para-hydroxylation sites is 1. The lowest BCUT2D eigenvalue weighted by Gasteiger charge is -2.26. The molecule has 4 rings (SSSR count). The Bertz CT molecular complexity index is 1100. The van der Waals surface area contributed by atoms with Crippen molar-refractivity contribution in [1.29, 1.82) is 0 Å². The molecule has 6 heteroatoms. The van der Waals surface area contributed by atoms with Gasteiger partial charge in [-0.05, 0) is 30.0 Å². The number of nitro groups is 1. The van der Waals surface area contributed by atoms with Crippen LogP contribution in [0.4, 0.5) is 5.69 Å². The van der Waals surface area contributed by atoms with Gasteiger partial charge in [-0.1, -0.05) is 37.3 Å². The van der Waals surface area contributed by atoms with Crippen molar-refractivity contribution in [3.05, 3.63) is 81.5 Å². The van der Waals surface area contributed by atoms with Crippen molar-refractivity contribution in [2.45, 2.75) is 19.8 Å². The van der Waals surface area contributed by atoms with E-state index < -0.39 is 4.92 Å². The second kappa shape index (κ2) is 7.31. The number of non-ortho nitro benzene ring substituents is 1. The van der Waals surface area contributed by atoms with E-state index >= 15 is 0 Å². The average molecular weight is 375 g/mol. The van der Waals surface area contributed by atoms with Gasteiger partial charge in [0.2, 0.25) is 0 Å². The molecular formula is C22H21N3O3. The highest BCUT2D eigenvalue weighted by Crippen LogP contribution is 2.31. The highest BCUT2D eigenvalue weighted by atomic mass is 16.6. The van der Waals surface area contributed by atoms with E-state index in [2.05, 4.69) is 36.2 Å². The lowest BCUT2D eigenvalue weighted by Crippen LogP contribution is -2.34. The zero-order valence-corrected chi connectivity index (χ0v) is 15.6. The number of fused-ring (bicyclic) bond motifs is 1. The molecule has 0 aliphatic carbocycles. The number of hydrogen-bond acceptors (Lipinski definition) is 3. The summed E-state index contributed by atoms with van der Waals surface area (Å²) in [5, 5.41) is 12.2. The van der Waals surface area contributed by atoms with Crippen molar-refractivity contribution in [2.75, 3.05) is 13.1 Å². The van der Waals surface area contributed by atoms with Crippen molar-refractivity contribution in [3.8, 4) is 0 Å². The molecule has 1 aliphatic rings. The number of benzene rings is 2. The fraction of sp³-hybridized carbons (Fsp3) is 0.227. The molecule has 1 aliphatic heterocycles. The van der Waals surface area contributed by atoms with Gasteiger partial charge in [0.25, 0.3) is 11.6 Å². The van der Waals surface area contributed by atoms with Gasteiger partial charge >= 0.3 is 0 Å². The van der Waals surface area contributed by atoms with Gasteiger partial charge in [0.05, 0.1) is 4.92 Å². The Hall–Kier alpha value is -3.41. The molecule has 142 valence electrons. The van der Waals surface area contributed by atoms with Crippen LogP contribution in [0.3, 0.4) is 0 Å². The molecule has 0 unspecified atom stereocenters. The number of nitro benzene ring substituents is 1. The number of aromatic nitrogens is 1. The molecule has 0 fully saturated rings. The Morgan fingerprint density at radius 2 is 2.07 bits per heavy atom. The monoisotopic (exact) mass is 375 g/mol. The van der Waals surface area contributed by atoms with Crippen LogP contribution in [0, 0.1) is 10.1 Å². The van der Waals surface area contributed by atoms with Gasteiger partial charge < -0.3 is 9.88 Å². The number of aryl methyl sites for hydroxylation is 1. The maximum atomic E-state index is 12.7.